The van der Waals surface area contributed by atoms with Crippen LogP contribution in [0.5, 0.6) is 0 Å². The number of benzene rings is 1. The minimum absolute atomic E-state index is 0.188. The molecule has 0 spiro atoms. The Bertz CT molecular complexity index is 484. The second-order valence-corrected chi connectivity index (χ2v) is 5.05. The van der Waals surface area contributed by atoms with E-state index in [1.54, 1.807) is 0 Å². The summed E-state index contributed by atoms with van der Waals surface area (Å²) in [7, 11) is 0. The van der Waals surface area contributed by atoms with Gasteiger partial charge in [-0.05, 0) is 30.2 Å². The van der Waals surface area contributed by atoms with E-state index in [2.05, 4.69) is 4.90 Å². The fraction of sp³-hybridized carbons (Fsp3) is 0.500. The Labute approximate surface area is 112 Å². The smallest absolute Gasteiger partial charge is 0.242 e. The number of morpholine rings is 1. The molecule has 1 saturated heterocycles. The van der Waals surface area contributed by atoms with Gasteiger partial charge in [-0.3, -0.25) is 4.79 Å². The summed E-state index contributed by atoms with van der Waals surface area (Å²) in [5, 5.41) is 0. The Morgan fingerprint density at radius 1 is 1.26 bits per heavy atom. The Balaban J connectivity index is 1.67. The Morgan fingerprint density at radius 3 is 2.84 bits per heavy atom. The molecule has 1 aromatic carbocycles. The van der Waals surface area contributed by atoms with E-state index >= 15 is 0 Å². The monoisotopic (exact) mass is 261 g/mol. The molecule has 0 aliphatic carbocycles. The van der Waals surface area contributed by atoms with Crippen molar-refractivity contribution in [2.75, 3.05) is 50.0 Å². The van der Waals surface area contributed by atoms with Crippen LogP contribution < -0.4 is 10.6 Å². The third kappa shape index (κ3) is 2.51. The first-order valence-corrected chi connectivity index (χ1v) is 6.73. The maximum Gasteiger partial charge on any atom is 0.242 e. The van der Waals surface area contributed by atoms with Crippen LogP contribution >= 0.6 is 0 Å². The molecule has 2 aliphatic rings. The van der Waals surface area contributed by atoms with Crippen LogP contribution in [0.3, 0.4) is 0 Å². The molecule has 19 heavy (non-hydrogen) atoms. The van der Waals surface area contributed by atoms with Crippen LogP contribution in [0.15, 0.2) is 18.2 Å². The molecule has 1 aromatic rings. The summed E-state index contributed by atoms with van der Waals surface area (Å²) in [4.78, 5) is 16.3. The summed E-state index contributed by atoms with van der Waals surface area (Å²) < 4.78 is 5.27. The highest BCUT2D eigenvalue weighted by Crippen LogP contribution is 2.29. The third-order valence-corrected chi connectivity index (χ3v) is 3.79. The summed E-state index contributed by atoms with van der Waals surface area (Å²) in [5.74, 6) is 0.188. The number of carbonyl (C=O) groups is 1. The van der Waals surface area contributed by atoms with Gasteiger partial charge in [-0.1, -0.05) is 0 Å². The summed E-state index contributed by atoms with van der Waals surface area (Å²) in [6.07, 6.45) is 0.969. The molecule has 0 saturated carbocycles. The molecule has 3 rings (SSSR count). The molecule has 0 unspecified atom stereocenters. The second-order valence-electron chi connectivity index (χ2n) is 5.05. The van der Waals surface area contributed by atoms with Gasteiger partial charge in [0.25, 0.3) is 0 Å². The molecule has 5 nitrogen and oxygen atoms in total. The topological polar surface area (TPSA) is 58.8 Å². The molecule has 0 bridgehead atoms. The number of nitrogen functional groups attached to an aromatic ring is 1. The Morgan fingerprint density at radius 2 is 2.05 bits per heavy atom. The minimum atomic E-state index is 0.188. The largest absolute Gasteiger partial charge is 0.399 e. The lowest BCUT2D eigenvalue weighted by molar-refractivity contribution is -0.133. The third-order valence-electron chi connectivity index (χ3n) is 3.79. The Kier molecular flexibility index (Phi) is 3.29. The molecule has 102 valence electrons. The lowest BCUT2D eigenvalue weighted by atomic mass is 10.1. The maximum atomic E-state index is 12.2. The highest BCUT2D eigenvalue weighted by molar-refractivity contribution is 5.82. The molecule has 0 radical (unpaired) electrons. The van der Waals surface area contributed by atoms with Crippen molar-refractivity contribution < 1.29 is 9.53 Å². The number of hydrogen-bond donors (Lipinski definition) is 1. The number of anilines is 2. The molecule has 2 heterocycles. The highest BCUT2D eigenvalue weighted by Gasteiger charge is 2.24. The summed E-state index contributed by atoms with van der Waals surface area (Å²) in [6.45, 7) is 4.08. The van der Waals surface area contributed by atoms with Crippen LogP contribution in [0.25, 0.3) is 0 Å². The molecule has 1 amide bonds. The number of amides is 1. The van der Waals surface area contributed by atoms with Crippen LogP contribution in [0, 0.1) is 0 Å². The first-order chi connectivity index (χ1) is 9.24. The Hall–Kier alpha value is -1.75. The predicted octanol–water partition coefficient (Wildman–Crippen LogP) is 0.490. The van der Waals surface area contributed by atoms with Gasteiger partial charge >= 0.3 is 0 Å². The van der Waals surface area contributed by atoms with Crippen molar-refractivity contribution in [3.63, 3.8) is 0 Å². The number of carbonyl (C=O) groups excluding carboxylic acids is 1. The number of nitrogens with zero attached hydrogens (tertiary/aromatic N) is 2. The molecule has 5 heteroatoms. The van der Waals surface area contributed by atoms with Gasteiger partial charge in [0.1, 0.15) is 0 Å². The summed E-state index contributed by atoms with van der Waals surface area (Å²) in [6, 6.07) is 5.93. The number of hydrogen-bond acceptors (Lipinski definition) is 4. The van der Waals surface area contributed by atoms with Crippen LogP contribution in [0.1, 0.15) is 5.56 Å². The van der Waals surface area contributed by atoms with Crippen molar-refractivity contribution in [1.82, 2.24) is 4.90 Å². The highest BCUT2D eigenvalue weighted by atomic mass is 16.5. The predicted molar refractivity (Wildman–Crippen MR) is 74.2 cm³/mol. The molecular formula is C14H19N3O2. The van der Waals surface area contributed by atoms with Crippen molar-refractivity contribution in [1.29, 1.82) is 0 Å². The normalized spacial score (nSPS) is 18.5. The number of ether oxygens (including phenoxy) is 1. The van der Waals surface area contributed by atoms with Crippen LogP contribution in [0.4, 0.5) is 11.4 Å². The summed E-state index contributed by atoms with van der Waals surface area (Å²) in [5.41, 5.74) is 8.97. The zero-order valence-corrected chi connectivity index (χ0v) is 11.0. The van der Waals surface area contributed by atoms with Gasteiger partial charge in [-0.2, -0.15) is 0 Å². The number of rotatable bonds is 2. The van der Waals surface area contributed by atoms with Crippen LogP contribution in [0.2, 0.25) is 0 Å². The maximum absolute atomic E-state index is 12.2. The van der Waals surface area contributed by atoms with Gasteiger partial charge in [-0.25, -0.2) is 0 Å². The van der Waals surface area contributed by atoms with Gasteiger partial charge in [0.05, 0.1) is 19.8 Å². The van der Waals surface area contributed by atoms with Gasteiger partial charge < -0.3 is 20.3 Å². The molecule has 0 aromatic heterocycles. The minimum Gasteiger partial charge on any atom is -0.399 e. The van der Waals surface area contributed by atoms with Crippen molar-refractivity contribution in [3.8, 4) is 0 Å². The van der Waals surface area contributed by atoms with Crippen molar-refractivity contribution >= 4 is 17.3 Å². The average molecular weight is 261 g/mol. The molecular weight excluding hydrogens is 242 g/mol. The first kappa shape index (κ1) is 12.3. The van der Waals surface area contributed by atoms with Gasteiger partial charge in [-0.15, -0.1) is 0 Å². The lowest BCUT2D eigenvalue weighted by Gasteiger charge is -2.29. The zero-order valence-electron chi connectivity index (χ0n) is 11.0. The van der Waals surface area contributed by atoms with E-state index in [1.165, 1.54) is 5.56 Å². The zero-order chi connectivity index (χ0) is 13.2. The van der Waals surface area contributed by atoms with Gasteiger partial charge in [0, 0.05) is 31.0 Å². The van der Waals surface area contributed by atoms with Crippen molar-refractivity contribution in [3.05, 3.63) is 23.8 Å². The number of fused-ring (bicyclic) bond motifs is 1. The van der Waals surface area contributed by atoms with E-state index in [0.29, 0.717) is 32.8 Å². The number of nitrogens with two attached hydrogens (primary N) is 1. The second kappa shape index (κ2) is 5.09. The quantitative estimate of drug-likeness (QED) is 0.787. The average Bonchev–Trinajstić information content (AvgIpc) is 2.82. The standard InChI is InChI=1S/C14H19N3O2/c15-12-1-2-13-11(9-12)3-4-17(13)10-14(18)16-5-7-19-8-6-16/h1-2,9H,3-8,10,15H2. The SMILES string of the molecule is Nc1ccc2c(c1)CCN2CC(=O)N1CCOCC1. The van der Waals surface area contributed by atoms with E-state index in [4.69, 9.17) is 10.5 Å². The summed E-state index contributed by atoms with van der Waals surface area (Å²) >= 11 is 0. The lowest BCUT2D eigenvalue weighted by Crippen LogP contribution is -2.45. The van der Waals surface area contributed by atoms with E-state index in [-0.39, 0.29) is 5.91 Å². The molecule has 0 atom stereocenters. The van der Waals surface area contributed by atoms with E-state index in [1.807, 2.05) is 23.1 Å². The van der Waals surface area contributed by atoms with E-state index in [0.717, 1.165) is 24.3 Å². The van der Waals surface area contributed by atoms with E-state index in [9.17, 15) is 4.79 Å². The van der Waals surface area contributed by atoms with Gasteiger partial charge in [0.2, 0.25) is 5.91 Å². The fourth-order valence-corrected chi connectivity index (χ4v) is 2.73. The van der Waals surface area contributed by atoms with Crippen LogP contribution in [-0.2, 0) is 16.0 Å². The molecule has 2 N–H and O–H groups in total. The first-order valence-electron chi connectivity index (χ1n) is 6.73. The van der Waals surface area contributed by atoms with Gasteiger partial charge in [0.15, 0.2) is 0 Å². The van der Waals surface area contributed by atoms with Crippen LogP contribution in [-0.4, -0.2) is 50.2 Å². The van der Waals surface area contributed by atoms with E-state index < -0.39 is 0 Å². The molecule has 2 aliphatic heterocycles. The fourth-order valence-electron chi connectivity index (χ4n) is 2.73. The van der Waals surface area contributed by atoms with Crippen molar-refractivity contribution in [2.24, 2.45) is 0 Å². The van der Waals surface area contributed by atoms with Crippen molar-refractivity contribution in [2.45, 2.75) is 6.42 Å². The molecule has 1 fully saturated rings.